The van der Waals surface area contributed by atoms with Crippen molar-refractivity contribution in [3.05, 3.63) is 65.5 Å². The normalized spacial score (nSPS) is 15.3. The van der Waals surface area contributed by atoms with Gasteiger partial charge in [0.2, 0.25) is 0 Å². The van der Waals surface area contributed by atoms with Crippen LogP contribution in [-0.4, -0.2) is 45.7 Å². The van der Waals surface area contributed by atoms with Gasteiger partial charge in [-0.25, -0.2) is 0 Å². The maximum atomic E-state index is 13.4. The van der Waals surface area contributed by atoms with Gasteiger partial charge >= 0.3 is 0 Å². The number of hydrogen-bond donors (Lipinski definition) is 2. The van der Waals surface area contributed by atoms with Crippen LogP contribution in [0.5, 0.6) is 11.5 Å². The Bertz CT molecular complexity index is 1270. The van der Waals surface area contributed by atoms with Gasteiger partial charge in [0.1, 0.15) is 13.2 Å². The van der Waals surface area contributed by atoms with Crippen LogP contribution < -0.4 is 9.47 Å². The Hall–Kier alpha value is -3.74. The Morgan fingerprint density at radius 1 is 1.07 bits per heavy atom. The molecule has 0 bridgehead atoms. The molecule has 2 aromatic carbocycles. The molecule has 2 aliphatic rings. The number of carbonyl (C=O) groups is 1. The highest BCUT2D eigenvalue weighted by Gasteiger charge is 2.27. The highest BCUT2D eigenvalue weighted by molar-refractivity contribution is 6.00. The molecule has 2 N–H and O–H groups in total. The summed E-state index contributed by atoms with van der Waals surface area (Å²) in [5, 5.41) is 8.34. The zero-order valence-electron chi connectivity index (χ0n) is 16.3. The maximum Gasteiger partial charge on any atom is 0.258 e. The van der Waals surface area contributed by atoms with Crippen molar-refractivity contribution in [2.24, 2.45) is 0 Å². The highest BCUT2D eigenvalue weighted by Crippen LogP contribution is 2.35. The van der Waals surface area contributed by atoms with Crippen LogP contribution in [0.1, 0.15) is 21.6 Å². The first-order chi connectivity index (χ1) is 14.8. The van der Waals surface area contributed by atoms with Crippen molar-refractivity contribution in [2.45, 2.75) is 13.0 Å². The van der Waals surface area contributed by atoms with Crippen LogP contribution in [0.2, 0.25) is 0 Å². The lowest BCUT2D eigenvalue weighted by Gasteiger charge is -2.27. The molecule has 2 aliphatic heterocycles. The summed E-state index contributed by atoms with van der Waals surface area (Å²) in [6.45, 7) is 2.32. The summed E-state index contributed by atoms with van der Waals surface area (Å²) in [4.78, 5) is 18.8. The topological polar surface area (TPSA) is 83.2 Å². The zero-order chi connectivity index (χ0) is 20.1. The molecule has 0 fully saturated rings. The summed E-state index contributed by atoms with van der Waals surface area (Å²) in [7, 11) is 0. The third kappa shape index (κ3) is 2.66. The molecule has 4 aromatic rings. The molecule has 4 heterocycles. The molecule has 0 saturated heterocycles. The summed E-state index contributed by atoms with van der Waals surface area (Å²) in [5.74, 6) is 1.39. The molecule has 6 rings (SSSR count). The second kappa shape index (κ2) is 6.66. The van der Waals surface area contributed by atoms with Crippen molar-refractivity contribution >= 4 is 16.8 Å². The highest BCUT2D eigenvalue weighted by atomic mass is 16.6. The van der Waals surface area contributed by atoms with Crippen LogP contribution in [0.3, 0.4) is 0 Å². The van der Waals surface area contributed by atoms with Gasteiger partial charge in [-0.05, 0) is 24.3 Å². The number of rotatable bonds is 2. The number of nitrogens with one attached hydrogen (secondary N) is 2. The molecular formula is C23H20N4O3. The third-order valence-corrected chi connectivity index (χ3v) is 5.87. The number of ether oxygens (including phenoxy) is 2. The second-order valence-corrected chi connectivity index (χ2v) is 7.62. The van der Waals surface area contributed by atoms with Crippen LogP contribution in [0.15, 0.2) is 48.7 Å². The average molecular weight is 400 g/mol. The van der Waals surface area contributed by atoms with Gasteiger partial charge in [0.15, 0.2) is 11.5 Å². The Balaban J connectivity index is 1.32. The Labute approximate surface area is 172 Å². The molecule has 7 nitrogen and oxygen atoms in total. The van der Waals surface area contributed by atoms with Crippen LogP contribution in [0.4, 0.5) is 0 Å². The monoisotopic (exact) mass is 400 g/mol. The minimum atomic E-state index is -0.0235. The number of benzene rings is 2. The first-order valence-electron chi connectivity index (χ1n) is 10.1. The molecular weight excluding hydrogens is 380 g/mol. The summed E-state index contributed by atoms with van der Waals surface area (Å²) in [6, 6.07) is 13.9. The standard InChI is InChI=1S/C23H20N4O3/c28-23(27-8-7-19-17(13-27)15-3-1-2-4-18(15)25-19)16-12-24-26-22(16)14-5-6-20-21(11-14)30-10-9-29-20/h1-6,11-12,25H,7-10,13H2,(H,24,26). The molecule has 0 unspecified atom stereocenters. The van der Waals surface area contributed by atoms with Crippen molar-refractivity contribution in [3.63, 3.8) is 0 Å². The summed E-state index contributed by atoms with van der Waals surface area (Å²) in [5.41, 5.74) is 5.66. The van der Waals surface area contributed by atoms with Crippen LogP contribution in [0, 0.1) is 0 Å². The smallest absolute Gasteiger partial charge is 0.258 e. The predicted octanol–water partition coefficient (Wildman–Crippen LogP) is 3.53. The molecule has 0 radical (unpaired) electrons. The van der Waals surface area contributed by atoms with E-state index in [0.717, 1.165) is 23.3 Å². The number of aromatic nitrogens is 3. The number of aromatic amines is 2. The molecule has 2 aromatic heterocycles. The third-order valence-electron chi connectivity index (χ3n) is 5.87. The number of para-hydroxylation sites is 1. The van der Waals surface area contributed by atoms with E-state index >= 15 is 0 Å². The van der Waals surface area contributed by atoms with Crippen LogP contribution >= 0.6 is 0 Å². The van der Waals surface area contributed by atoms with Gasteiger partial charge < -0.3 is 19.4 Å². The molecule has 0 saturated carbocycles. The van der Waals surface area contributed by atoms with E-state index in [4.69, 9.17) is 9.47 Å². The fraction of sp³-hybridized carbons (Fsp3) is 0.217. The van der Waals surface area contributed by atoms with Crippen molar-refractivity contribution < 1.29 is 14.3 Å². The SMILES string of the molecule is O=C(c1cn[nH]c1-c1ccc2c(c1)OCCO2)N1CCc2[nH]c3ccccc3c2C1. The van der Waals surface area contributed by atoms with Gasteiger partial charge in [-0.2, -0.15) is 5.10 Å². The Morgan fingerprint density at radius 2 is 1.93 bits per heavy atom. The lowest BCUT2D eigenvalue weighted by molar-refractivity contribution is 0.0736. The lowest BCUT2D eigenvalue weighted by Crippen LogP contribution is -2.35. The minimum absolute atomic E-state index is 0.0235. The van der Waals surface area contributed by atoms with Crippen LogP contribution in [0.25, 0.3) is 22.2 Å². The van der Waals surface area contributed by atoms with E-state index in [0.29, 0.717) is 43.3 Å². The van der Waals surface area contributed by atoms with E-state index in [2.05, 4.69) is 27.3 Å². The van der Waals surface area contributed by atoms with Crippen molar-refractivity contribution in [1.82, 2.24) is 20.1 Å². The van der Waals surface area contributed by atoms with Gasteiger partial charge in [-0.1, -0.05) is 18.2 Å². The maximum absolute atomic E-state index is 13.4. The molecule has 0 atom stereocenters. The minimum Gasteiger partial charge on any atom is -0.486 e. The van der Waals surface area contributed by atoms with E-state index in [1.54, 1.807) is 6.20 Å². The summed E-state index contributed by atoms with van der Waals surface area (Å²) in [6.07, 6.45) is 2.42. The number of hydrogen-bond acceptors (Lipinski definition) is 4. The van der Waals surface area contributed by atoms with Crippen LogP contribution in [-0.2, 0) is 13.0 Å². The fourth-order valence-electron chi connectivity index (χ4n) is 4.38. The molecule has 150 valence electrons. The zero-order valence-corrected chi connectivity index (χ0v) is 16.3. The first-order valence-corrected chi connectivity index (χ1v) is 10.1. The quantitative estimate of drug-likeness (QED) is 0.539. The summed E-state index contributed by atoms with van der Waals surface area (Å²) >= 11 is 0. The second-order valence-electron chi connectivity index (χ2n) is 7.62. The number of nitrogens with zero attached hydrogens (tertiary/aromatic N) is 2. The number of carbonyl (C=O) groups excluding carboxylic acids is 1. The Morgan fingerprint density at radius 3 is 2.87 bits per heavy atom. The van der Waals surface area contributed by atoms with Crippen molar-refractivity contribution in [1.29, 1.82) is 0 Å². The van der Waals surface area contributed by atoms with Crippen molar-refractivity contribution in [2.75, 3.05) is 19.8 Å². The van der Waals surface area contributed by atoms with Crippen molar-refractivity contribution in [3.8, 4) is 22.8 Å². The molecule has 0 spiro atoms. The van der Waals surface area contributed by atoms with E-state index in [1.165, 1.54) is 16.6 Å². The average Bonchev–Trinajstić information content (AvgIpc) is 3.43. The molecule has 30 heavy (non-hydrogen) atoms. The Kier molecular flexibility index (Phi) is 3.80. The van der Waals surface area contributed by atoms with Gasteiger partial charge in [0, 0.05) is 47.2 Å². The van der Waals surface area contributed by atoms with Gasteiger partial charge in [-0.3, -0.25) is 9.89 Å². The van der Waals surface area contributed by atoms with E-state index in [-0.39, 0.29) is 5.91 Å². The lowest BCUT2D eigenvalue weighted by atomic mass is 10.0. The van der Waals surface area contributed by atoms with Gasteiger partial charge in [0.25, 0.3) is 5.91 Å². The molecule has 7 heteroatoms. The summed E-state index contributed by atoms with van der Waals surface area (Å²) < 4.78 is 11.3. The molecule has 1 amide bonds. The molecule has 0 aliphatic carbocycles. The van der Waals surface area contributed by atoms with E-state index < -0.39 is 0 Å². The predicted molar refractivity (Wildman–Crippen MR) is 112 cm³/mol. The number of fused-ring (bicyclic) bond motifs is 4. The van der Waals surface area contributed by atoms with Gasteiger partial charge in [0.05, 0.1) is 17.5 Å². The van der Waals surface area contributed by atoms with E-state index in [9.17, 15) is 4.79 Å². The van der Waals surface area contributed by atoms with E-state index in [1.807, 2.05) is 35.2 Å². The number of H-pyrrole nitrogens is 2. The largest absolute Gasteiger partial charge is 0.486 e. The number of amides is 1. The van der Waals surface area contributed by atoms with Gasteiger partial charge in [-0.15, -0.1) is 0 Å². The fourth-order valence-corrected chi connectivity index (χ4v) is 4.38. The first kappa shape index (κ1) is 17.1.